The number of benzene rings is 1. The second kappa shape index (κ2) is 5.59. The first-order chi connectivity index (χ1) is 8.54. The molecule has 1 aromatic heterocycles. The lowest BCUT2D eigenvalue weighted by molar-refractivity contribution is 0.0992. The fraction of sp³-hybridized carbons (Fsp3) is 0.0769. The van der Waals surface area contributed by atoms with Crippen molar-refractivity contribution in [1.82, 2.24) is 4.98 Å². The van der Waals surface area contributed by atoms with Gasteiger partial charge >= 0.3 is 0 Å². The third-order valence-electron chi connectivity index (χ3n) is 2.34. The zero-order valence-electron chi connectivity index (χ0n) is 9.16. The number of carbonyl (C=O) groups is 1. The minimum Gasteiger partial charge on any atom is -0.294 e. The van der Waals surface area contributed by atoms with E-state index in [0.29, 0.717) is 20.8 Å². The number of halogens is 3. The first kappa shape index (κ1) is 13.2. The summed E-state index contributed by atoms with van der Waals surface area (Å²) in [5, 5.41) is 0.333. The number of Topliss-reactive ketones (excluding diaryl/α,β-unsaturated/α-hetero) is 1. The van der Waals surface area contributed by atoms with Gasteiger partial charge in [-0.25, -0.2) is 9.37 Å². The average molecular weight is 329 g/mol. The molecular formula is C13H8BrClFNO. The molecule has 0 unspecified atom stereocenters. The highest BCUT2D eigenvalue weighted by Crippen LogP contribution is 2.17. The van der Waals surface area contributed by atoms with Crippen molar-refractivity contribution in [2.75, 3.05) is 0 Å². The molecule has 2 nitrogen and oxygen atoms in total. The van der Waals surface area contributed by atoms with E-state index in [9.17, 15) is 9.18 Å². The van der Waals surface area contributed by atoms with Crippen LogP contribution in [-0.2, 0) is 6.42 Å². The normalized spacial score (nSPS) is 10.4. The van der Waals surface area contributed by atoms with Gasteiger partial charge in [-0.3, -0.25) is 4.79 Å². The molecular weight excluding hydrogens is 321 g/mol. The summed E-state index contributed by atoms with van der Waals surface area (Å²) in [5.41, 5.74) is 1.07. The third kappa shape index (κ3) is 3.37. The van der Waals surface area contributed by atoms with Crippen LogP contribution in [-0.4, -0.2) is 10.8 Å². The van der Waals surface area contributed by atoms with E-state index in [-0.39, 0.29) is 18.0 Å². The molecule has 1 heterocycles. The van der Waals surface area contributed by atoms with Crippen LogP contribution in [0.3, 0.4) is 0 Å². The van der Waals surface area contributed by atoms with Gasteiger partial charge in [0.2, 0.25) is 0 Å². The summed E-state index contributed by atoms with van der Waals surface area (Å²) in [6.07, 6.45) is 1.54. The lowest BCUT2D eigenvalue weighted by Crippen LogP contribution is -2.04. The van der Waals surface area contributed by atoms with E-state index in [2.05, 4.69) is 20.9 Å². The van der Waals surface area contributed by atoms with E-state index in [1.165, 1.54) is 18.3 Å². The Balaban J connectivity index is 2.18. The van der Waals surface area contributed by atoms with Crippen LogP contribution in [0.25, 0.3) is 0 Å². The van der Waals surface area contributed by atoms with Gasteiger partial charge in [-0.15, -0.1) is 0 Å². The highest BCUT2D eigenvalue weighted by atomic mass is 79.9. The van der Waals surface area contributed by atoms with Crippen LogP contribution in [0.15, 0.2) is 41.0 Å². The maximum Gasteiger partial charge on any atom is 0.168 e. The Morgan fingerprint density at radius 3 is 2.72 bits per heavy atom. The molecule has 0 amide bonds. The van der Waals surface area contributed by atoms with Crippen LogP contribution in [0, 0.1) is 5.82 Å². The predicted octanol–water partition coefficient (Wildman–Crippen LogP) is 4.06. The summed E-state index contributed by atoms with van der Waals surface area (Å²) < 4.78 is 13.8. The predicted molar refractivity (Wildman–Crippen MR) is 71.4 cm³/mol. The molecule has 18 heavy (non-hydrogen) atoms. The summed E-state index contributed by atoms with van der Waals surface area (Å²) in [4.78, 5) is 15.8. The number of aromatic nitrogens is 1. The Bertz CT molecular complexity index is 566. The van der Waals surface area contributed by atoms with Crippen molar-refractivity contribution in [3.8, 4) is 0 Å². The Morgan fingerprint density at radius 2 is 2.11 bits per heavy atom. The average Bonchev–Trinajstić information content (AvgIpc) is 2.28. The molecule has 0 saturated carbocycles. The molecule has 0 aliphatic carbocycles. The maximum absolute atomic E-state index is 13.2. The summed E-state index contributed by atoms with van der Waals surface area (Å²) in [5.74, 6) is -0.502. The molecule has 0 aliphatic heterocycles. The topological polar surface area (TPSA) is 30.0 Å². The highest BCUT2D eigenvalue weighted by molar-refractivity contribution is 9.10. The summed E-state index contributed by atoms with van der Waals surface area (Å²) in [6, 6.07) is 7.55. The van der Waals surface area contributed by atoms with Crippen molar-refractivity contribution in [3.05, 3.63) is 63.1 Å². The number of rotatable bonds is 3. The van der Waals surface area contributed by atoms with Gasteiger partial charge in [-0.05, 0) is 35.9 Å². The Kier molecular flexibility index (Phi) is 4.09. The number of ketones is 1. The Hall–Kier alpha value is -1.26. The highest BCUT2D eigenvalue weighted by Gasteiger charge is 2.09. The van der Waals surface area contributed by atoms with Gasteiger partial charge in [-0.1, -0.05) is 27.5 Å². The summed E-state index contributed by atoms with van der Waals surface area (Å²) in [6.45, 7) is 0. The summed E-state index contributed by atoms with van der Waals surface area (Å²) >= 11 is 8.83. The molecule has 92 valence electrons. The zero-order chi connectivity index (χ0) is 13.1. The molecule has 0 fully saturated rings. The summed E-state index contributed by atoms with van der Waals surface area (Å²) in [7, 11) is 0. The van der Waals surface area contributed by atoms with E-state index in [1.54, 1.807) is 18.2 Å². The van der Waals surface area contributed by atoms with Crippen LogP contribution in [0.2, 0.25) is 5.15 Å². The van der Waals surface area contributed by atoms with Gasteiger partial charge in [-0.2, -0.15) is 0 Å². The van der Waals surface area contributed by atoms with Gasteiger partial charge in [0, 0.05) is 22.7 Å². The van der Waals surface area contributed by atoms with E-state index >= 15 is 0 Å². The van der Waals surface area contributed by atoms with Crippen LogP contribution in [0.4, 0.5) is 4.39 Å². The van der Waals surface area contributed by atoms with Crippen molar-refractivity contribution < 1.29 is 9.18 Å². The molecule has 2 rings (SSSR count). The van der Waals surface area contributed by atoms with Gasteiger partial charge in [0.15, 0.2) is 5.78 Å². The first-order valence-electron chi connectivity index (χ1n) is 5.14. The van der Waals surface area contributed by atoms with Crippen molar-refractivity contribution in [2.24, 2.45) is 0 Å². The van der Waals surface area contributed by atoms with Crippen molar-refractivity contribution in [3.63, 3.8) is 0 Å². The second-order valence-corrected chi connectivity index (χ2v) is 5.05. The standard InChI is InChI=1S/C13H8BrClFNO/c14-10-3-8(4-11(16)6-10)5-12(18)9-1-2-13(15)17-7-9/h1-4,6-7H,5H2. The van der Waals surface area contributed by atoms with E-state index in [4.69, 9.17) is 11.6 Å². The molecule has 0 radical (unpaired) electrons. The lowest BCUT2D eigenvalue weighted by atomic mass is 10.0. The fourth-order valence-corrected chi connectivity index (χ4v) is 2.17. The maximum atomic E-state index is 13.2. The van der Waals surface area contributed by atoms with Crippen LogP contribution in [0.1, 0.15) is 15.9 Å². The van der Waals surface area contributed by atoms with Crippen molar-refractivity contribution in [1.29, 1.82) is 0 Å². The minimum absolute atomic E-state index is 0.125. The molecule has 2 aromatic rings. The molecule has 1 aromatic carbocycles. The minimum atomic E-state index is -0.374. The van der Waals surface area contributed by atoms with Crippen molar-refractivity contribution in [2.45, 2.75) is 6.42 Å². The van der Waals surface area contributed by atoms with Crippen LogP contribution >= 0.6 is 27.5 Å². The van der Waals surface area contributed by atoms with E-state index in [1.807, 2.05) is 0 Å². The van der Waals surface area contributed by atoms with E-state index < -0.39 is 0 Å². The molecule has 0 N–H and O–H groups in total. The van der Waals surface area contributed by atoms with E-state index in [0.717, 1.165) is 0 Å². The SMILES string of the molecule is O=C(Cc1cc(F)cc(Br)c1)c1ccc(Cl)nc1. The molecule has 0 aliphatic rings. The smallest absolute Gasteiger partial charge is 0.168 e. The fourth-order valence-electron chi connectivity index (χ4n) is 1.54. The van der Waals surface area contributed by atoms with Gasteiger partial charge in [0.05, 0.1) is 0 Å². The number of hydrogen-bond donors (Lipinski definition) is 0. The first-order valence-corrected chi connectivity index (χ1v) is 6.31. The van der Waals surface area contributed by atoms with Crippen LogP contribution < -0.4 is 0 Å². The molecule has 0 bridgehead atoms. The van der Waals surface area contributed by atoms with Gasteiger partial charge in [0.1, 0.15) is 11.0 Å². The number of nitrogens with zero attached hydrogens (tertiary/aromatic N) is 1. The molecule has 0 spiro atoms. The number of pyridine rings is 1. The Morgan fingerprint density at radius 1 is 1.33 bits per heavy atom. The quantitative estimate of drug-likeness (QED) is 0.628. The number of carbonyl (C=O) groups excluding carboxylic acids is 1. The Labute approximate surface area is 117 Å². The van der Waals surface area contributed by atoms with Gasteiger partial charge in [0.25, 0.3) is 0 Å². The lowest BCUT2D eigenvalue weighted by Gasteiger charge is -2.03. The van der Waals surface area contributed by atoms with Crippen LogP contribution in [0.5, 0.6) is 0 Å². The molecule has 0 saturated heterocycles. The number of hydrogen-bond acceptors (Lipinski definition) is 2. The molecule has 0 atom stereocenters. The monoisotopic (exact) mass is 327 g/mol. The molecule has 5 heteroatoms. The third-order valence-corrected chi connectivity index (χ3v) is 3.02. The zero-order valence-corrected chi connectivity index (χ0v) is 11.5. The van der Waals surface area contributed by atoms with Crippen molar-refractivity contribution >= 4 is 33.3 Å². The largest absolute Gasteiger partial charge is 0.294 e. The van der Waals surface area contributed by atoms with Gasteiger partial charge < -0.3 is 0 Å². The second-order valence-electron chi connectivity index (χ2n) is 3.75.